The monoisotopic (exact) mass is 197 g/mol. The molecule has 2 rings (SSSR count). The molecule has 2 atom stereocenters. The molecule has 4 nitrogen and oxygen atoms in total. The van der Waals surface area contributed by atoms with Crippen molar-refractivity contribution in [2.24, 2.45) is 11.7 Å². The molecule has 2 heterocycles. The minimum atomic E-state index is 0.196. The predicted molar refractivity (Wildman–Crippen MR) is 54.8 cm³/mol. The third-order valence-corrected chi connectivity index (χ3v) is 3.18. The molecule has 0 aromatic carbocycles. The fourth-order valence-corrected chi connectivity index (χ4v) is 2.33. The van der Waals surface area contributed by atoms with Gasteiger partial charge in [-0.2, -0.15) is 0 Å². The summed E-state index contributed by atoms with van der Waals surface area (Å²) in [6.45, 7) is 3.50. The normalized spacial score (nSPS) is 33.4. The van der Waals surface area contributed by atoms with E-state index in [0.29, 0.717) is 5.91 Å². The molecule has 2 aliphatic rings. The Labute approximate surface area is 84.8 Å². The molecule has 0 spiro atoms. The van der Waals surface area contributed by atoms with Crippen LogP contribution in [0.5, 0.6) is 0 Å². The Morgan fingerprint density at radius 3 is 2.93 bits per heavy atom. The number of rotatable bonds is 1. The first kappa shape index (κ1) is 9.93. The van der Waals surface area contributed by atoms with Crippen molar-refractivity contribution in [3.63, 3.8) is 0 Å². The maximum absolute atomic E-state index is 12.0. The zero-order chi connectivity index (χ0) is 9.97. The highest BCUT2D eigenvalue weighted by Gasteiger charge is 2.29. The largest absolute Gasteiger partial charge is 0.341 e. The molecule has 0 aromatic rings. The van der Waals surface area contributed by atoms with E-state index in [4.69, 9.17) is 5.73 Å². The zero-order valence-electron chi connectivity index (χ0n) is 8.54. The molecule has 0 radical (unpaired) electrons. The number of nitrogens with one attached hydrogen (secondary N) is 1. The average molecular weight is 197 g/mol. The van der Waals surface area contributed by atoms with Crippen molar-refractivity contribution in [2.75, 3.05) is 26.2 Å². The number of likely N-dealkylation sites (tertiary alicyclic amines) is 1. The SMILES string of the molecule is N[C@@H]1CCCN(C(=O)C2CCNC2)C1. The van der Waals surface area contributed by atoms with Crippen molar-refractivity contribution >= 4 is 5.91 Å². The topological polar surface area (TPSA) is 58.4 Å². The van der Waals surface area contributed by atoms with Gasteiger partial charge in [-0.05, 0) is 25.8 Å². The first-order valence-electron chi connectivity index (χ1n) is 5.52. The molecule has 0 aromatic heterocycles. The first-order chi connectivity index (χ1) is 6.77. The second-order valence-electron chi connectivity index (χ2n) is 4.38. The summed E-state index contributed by atoms with van der Waals surface area (Å²) in [6.07, 6.45) is 3.12. The van der Waals surface area contributed by atoms with Gasteiger partial charge >= 0.3 is 0 Å². The summed E-state index contributed by atoms with van der Waals surface area (Å²) in [5.74, 6) is 0.519. The van der Waals surface area contributed by atoms with Crippen LogP contribution < -0.4 is 11.1 Å². The summed E-state index contributed by atoms with van der Waals surface area (Å²) in [5.41, 5.74) is 5.85. The Balaban J connectivity index is 1.89. The van der Waals surface area contributed by atoms with Crippen LogP contribution in [0.15, 0.2) is 0 Å². The van der Waals surface area contributed by atoms with E-state index in [9.17, 15) is 4.79 Å². The van der Waals surface area contributed by atoms with Gasteiger partial charge in [0, 0.05) is 25.7 Å². The maximum atomic E-state index is 12.0. The van der Waals surface area contributed by atoms with Gasteiger partial charge in [0.1, 0.15) is 0 Å². The Morgan fingerprint density at radius 1 is 1.43 bits per heavy atom. The van der Waals surface area contributed by atoms with Crippen molar-refractivity contribution < 1.29 is 4.79 Å². The number of hydrogen-bond donors (Lipinski definition) is 2. The quantitative estimate of drug-likeness (QED) is 0.598. The van der Waals surface area contributed by atoms with Gasteiger partial charge in [-0.25, -0.2) is 0 Å². The average Bonchev–Trinajstić information content (AvgIpc) is 2.69. The van der Waals surface area contributed by atoms with Crippen molar-refractivity contribution in [1.29, 1.82) is 0 Å². The second-order valence-corrected chi connectivity index (χ2v) is 4.38. The van der Waals surface area contributed by atoms with E-state index >= 15 is 0 Å². The van der Waals surface area contributed by atoms with E-state index in [2.05, 4.69) is 5.32 Å². The Morgan fingerprint density at radius 2 is 2.29 bits per heavy atom. The van der Waals surface area contributed by atoms with E-state index in [1.54, 1.807) is 0 Å². The van der Waals surface area contributed by atoms with Gasteiger partial charge in [-0.15, -0.1) is 0 Å². The molecule has 0 bridgehead atoms. The lowest BCUT2D eigenvalue weighted by atomic mass is 10.0. The van der Waals surface area contributed by atoms with Gasteiger partial charge in [0.05, 0.1) is 5.92 Å². The lowest BCUT2D eigenvalue weighted by Gasteiger charge is -2.32. The summed E-state index contributed by atoms with van der Waals surface area (Å²) in [4.78, 5) is 13.9. The van der Waals surface area contributed by atoms with Gasteiger partial charge in [-0.1, -0.05) is 0 Å². The van der Waals surface area contributed by atoms with Crippen LogP contribution in [0.2, 0.25) is 0 Å². The number of piperidine rings is 1. The van der Waals surface area contributed by atoms with Crippen LogP contribution in [-0.2, 0) is 4.79 Å². The minimum absolute atomic E-state index is 0.196. The van der Waals surface area contributed by atoms with E-state index in [-0.39, 0.29) is 12.0 Å². The molecule has 1 amide bonds. The van der Waals surface area contributed by atoms with E-state index in [0.717, 1.165) is 45.4 Å². The summed E-state index contributed by atoms with van der Waals surface area (Å²) in [6, 6.07) is 0.196. The minimum Gasteiger partial charge on any atom is -0.341 e. The van der Waals surface area contributed by atoms with E-state index < -0.39 is 0 Å². The van der Waals surface area contributed by atoms with Gasteiger partial charge in [0.15, 0.2) is 0 Å². The fraction of sp³-hybridized carbons (Fsp3) is 0.900. The molecular formula is C10H19N3O. The predicted octanol–water partition coefficient (Wildman–Crippen LogP) is -0.454. The van der Waals surface area contributed by atoms with E-state index in [1.165, 1.54) is 0 Å². The molecule has 4 heteroatoms. The highest BCUT2D eigenvalue weighted by Crippen LogP contribution is 2.15. The van der Waals surface area contributed by atoms with Gasteiger partial charge < -0.3 is 16.0 Å². The smallest absolute Gasteiger partial charge is 0.227 e. The third kappa shape index (κ3) is 2.07. The van der Waals surface area contributed by atoms with Crippen LogP contribution >= 0.6 is 0 Å². The summed E-state index contributed by atoms with van der Waals surface area (Å²) < 4.78 is 0. The molecule has 2 saturated heterocycles. The zero-order valence-corrected chi connectivity index (χ0v) is 8.54. The molecule has 2 fully saturated rings. The van der Waals surface area contributed by atoms with Crippen molar-refractivity contribution in [3.05, 3.63) is 0 Å². The van der Waals surface area contributed by atoms with Crippen LogP contribution in [0.25, 0.3) is 0 Å². The Kier molecular flexibility index (Phi) is 3.03. The van der Waals surface area contributed by atoms with Crippen LogP contribution in [0, 0.1) is 5.92 Å². The summed E-state index contributed by atoms with van der Waals surface area (Å²) in [5, 5.41) is 3.22. The standard InChI is InChI=1S/C10H19N3O/c11-9-2-1-5-13(7-9)10(14)8-3-4-12-6-8/h8-9,12H,1-7,11H2/t8?,9-/m1/s1. The number of carbonyl (C=O) groups excluding carboxylic acids is 1. The van der Waals surface area contributed by atoms with Gasteiger partial charge in [-0.3, -0.25) is 4.79 Å². The highest BCUT2D eigenvalue weighted by atomic mass is 16.2. The van der Waals surface area contributed by atoms with Crippen LogP contribution in [0.1, 0.15) is 19.3 Å². The van der Waals surface area contributed by atoms with Crippen molar-refractivity contribution in [3.8, 4) is 0 Å². The number of amides is 1. The molecule has 80 valence electrons. The van der Waals surface area contributed by atoms with Gasteiger partial charge in [0.2, 0.25) is 5.91 Å². The van der Waals surface area contributed by atoms with Crippen LogP contribution in [0.4, 0.5) is 0 Å². The summed E-state index contributed by atoms with van der Waals surface area (Å²) >= 11 is 0. The lowest BCUT2D eigenvalue weighted by Crippen LogP contribution is -2.48. The van der Waals surface area contributed by atoms with Gasteiger partial charge in [0.25, 0.3) is 0 Å². The summed E-state index contributed by atoms with van der Waals surface area (Å²) in [7, 11) is 0. The molecule has 3 N–H and O–H groups in total. The first-order valence-corrected chi connectivity index (χ1v) is 5.52. The van der Waals surface area contributed by atoms with Crippen LogP contribution in [0.3, 0.4) is 0 Å². The highest BCUT2D eigenvalue weighted by molar-refractivity contribution is 5.79. The number of hydrogen-bond acceptors (Lipinski definition) is 3. The molecule has 14 heavy (non-hydrogen) atoms. The maximum Gasteiger partial charge on any atom is 0.227 e. The van der Waals surface area contributed by atoms with Crippen molar-refractivity contribution in [1.82, 2.24) is 10.2 Å². The second kappa shape index (κ2) is 4.28. The molecule has 0 saturated carbocycles. The third-order valence-electron chi connectivity index (χ3n) is 3.18. The molecular weight excluding hydrogens is 178 g/mol. The number of nitrogens with two attached hydrogens (primary N) is 1. The Hall–Kier alpha value is -0.610. The molecule has 2 aliphatic heterocycles. The van der Waals surface area contributed by atoms with E-state index in [1.807, 2.05) is 4.90 Å². The van der Waals surface area contributed by atoms with Crippen LogP contribution in [-0.4, -0.2) is 43.0 Å². The fourth-order valence-electron chi connectivity index (χ4n) is 2.33. The number of carbonyl (C=O) groups is 1. The number of nitrogens with zero attached hydrogens (tertiary/aromatic N) is 1. The lowest BCUT2D eigenvalue weighted by molar-refractivity contribution is -0.136. The molecule has 1 unspecified atom stereocenters. The molecule has 0 aliphatic carbocycles. The Bertz CT molecular complexity index is 213. The van der Waals surface area contributed by atoms with Crippen molar-refractivity contribution in [2.45, 2.75) is 25.3 Å².